The molecule has 2 rings (SSSR count). The highest BCUT2D eigenvalue weighted by atomic mass is 16.5. The first kappa shape index (κ1) is 14.9. The molecule has 3 N–H and O–H groups in total. The van der Waals surface area contributed by atoms with Gasteiger partial charge in [0, 0.05) is 13.1 Å². The lowest BCUT2D eigenvalue weighted by atomic mass is 10.3. The summed E-state index contributed by atoms with van der Waals surface area (Å²) < 4.78 is 7.14. The Balaban J connectivity index is 1.73. The lowest BCUT2D eigenvalue weighted by molar-refractivity contribution is 0.0942. The predicted octanol–water partition coefficient (Wildman–Crippen LogP) is 1.68. The highest BCUT2D eigenvalue weighted by Gasteiger charge is 2.15. The summed E-state index contributed by atoms with van der Waals surface area (Å²) in [6, 6.07) is 9.59. The molecule has 0 bridgehead atoms. The molecule has 1 aromatic carbocycles. The molecule has 0 aliphatic heterocycles. The first-order valence-corrected chi connectivity index (χ1v) is 6.99. The molecule has 0 aliphatic carbocycles. The van der Waals surface area contributed by atoms with E-state index in [0.717, 1.165) is 12.2 Å². The molecule has 0 saturated carbocycles. The van der Waals surface area contributed by atoms with Gasteiger partial charge in [-0.3, -0.25) is 9.48 Å². The van der Waals surface area contributed by atoms with Crippen molar-refractivity contribution < 1.29 is 9.53 Å². The van der Waals surface area contributed by atoms with Gasteiger partial charge in [-0.1, -0.05) is 18.2 Å². The average Bonchev–Trinajstić information content (AvgIpc) is 2.88. The van der Waals surface area contributed by atoms with E-state index in [1.807, 2.05) is 37.3 Å². The van der Waals surface area contributed by atoms with Gasteiger partial charge in [-0.05, 0) is 25.5 Å². The largest absolute Gasteiger partial charge is 0.494 e. The van der Waals surface area contributed by atoms with E-state index in [0.29, 0.717) is 31.1 Å². The first-order valence-electron chi connectivity index (χ1n) is 6.99. The second-order valence-corrected chi connectivity index (χ2v) is 4.54. The SMILES string of the molecule is CCn1ncc(N)c1C(=O)NCCCOc1ccccc1. The molecule has 0 saturated heterocycles. The highest BCUT2D eigenvalue weighted by Crippen LogP contribution is 2.10. The van der Waals surface area contributed by atoms with E-state index in [1.54, 1.807) is 4.68 Å². The van der Waals surface area contributed by atoms with Gasteiger partial charge in [0.05, 0.1) is 18.5 Å². The van der Waals surface area contributed by atoms with Gasteiger partial charge in [-0.2, -0.15) is 5.10 Å². The fraction of sp³-hybridized carbons (Fsp3) is 0.333. The monoisotopic (exact) mass is 288 g/mol. The molecule has 6 nitrogen and oxygen atoms in total. The minimum atomic E-state index is -0.202. The molecule has 0 radical (unpaired) electrons. The van der Waals surface area contributed by atoms with Crippen LogP contribution in [-0.4, -0.2) is 28.8 Å². The van der Waals surface area contributed by atoms with Crippen LogP contribution in [0, 0.1) is 0 Å². The molecule has 0 aliphatic rings. The van der Waals surface area contributed by atoms with E-state index in [-0.39, 0.29) is 5.91 Å². The number of nitrogens with one attached hydrogen (secondary N) is 1. The van der Waals surface area contributed by atoms with Gasteiger partial charge in [0.2, 0.25) is 0 Å². The topological polar surface area (TPSA) is 82.2 Å². The Bertz CT molecular complexity index is 581. The fourth-order valence-electron chi connectivity index (χ4n) is 1.95. The van der Waals surface area contributed by atoms with Crippen LogP contribution in [0.2, 0.25) is 0 Å². The number of nitrogen functional groups attached to an aromatic ring is 1. The molecule has 1 aromatic heterocycles. The number of aromatic nitrogens is 2. The van der Waals surface area contributed by atoms with Crippen molar-refractivity contribution in [2.24, 2.45) is 0 Å². The Kier molecular flexibility index (Phi) is 5.20. The van der Waals surface area contributed by atoms with E-state index in [9.17, 15) is 4.79 Å². The number of para-hydroxylation sites is 1. The maximum absolute atomic E-state index is 12.0. The van der Waals surface area contributed by atoms with Crippen LogP contribution in [0.3, 0.4) is 0 Å². The molecule has 2 aromatic rings. The lowest BCUT2D eigenvalue weighted by Gasteiger charge is -2.08. The first-order chi connectivity index (χ1) is 10.2. The van der Waals surface area contributed by atoms with Crippen LogP contribution in [0.5, 0.6) is 5.75 Å². The quantitative estimate of drug-likeness (QED) is 0.759. The maximum Gasteiger partial charge on any atom is 0.271 e. The third kappa shape index (κ3) is 3.98. The molecule has 6 heteroatoms. The van der Waals surface area contributed by atoms with Crippen molar-refractivity contribution in [3.05, 3.63) is 42.2 Å². The Morgan fingerprint density at radius 3 is 2.86 bits per heavy atom. The van der Waals surface area contributed by atoms with Crippen molar-refractivity contribution in [3.63, 3.8) is 0 Å². The number of benzene rings is 1. The van der Waals surface area contributed by atoms with Gasteiger partial charge < -0.3 is 15.8 Å². The molecule has 1 amide bonds. The predicted molar refractivity (Wildman–Crippen MR) is 81.2 cm³/mol. The van der Waals surface area contributed by atoms with Gasteiger partial charge in [0.1, 0.15) is 11.4 Å². The number of hydrogen-bond acceptors (Lipinski definition) is 4. The standard InChI is InChI=1S/C15H20N4O2/c1-2-19-14(13(16)11-18-19)15(20)17-9-6-10-21-12-7-4-3-5-8-12/h3-5,7-8,11H,2,6,9-10,16H2,1H3,(H,17,20). The summed E-state index contributed by atoms with van der Waals surface area (Å²) in [4.78, 5) is 12.0. The number of nitrogens with zero attached hydrogens (tertiary/aromatic N) is 2. The van der Waals surface area contributed by atoms with E-state index < -0.39 is 0 Å². The van der Waals surface area contributed by atoms with Crippen LogP contribution in [0.25, 0.3) is 0 Å². The van der Waals surface area contributed by atoms with Crippen LogP contribution in [0.4, 0.5) is 5.69 Å². The third-order valence-corrected chi connectivity index (χ3v) is 3.00. The molecule has 0 spiro atoms. The number of carbonyl (C=O) groups is 1. The smallest absolute Gasteiger partial charge is 0.271 e. The van der Waals surface area contributed by atoms with E-state index in [2.05, 4.69) is 10.4 Å². The van der Waals surface area contributed by atoms with Crippen molar-refractivity contribution >= 4 is 11.6 Å². The Hall–Kier alpha value is -2.50. The summed E-state index contributed by atoms with van der Waals surface area (Å²) in [6.07, 6.45) is 2.22. The number of nitrogens with two attached hydrogens (primary N) is 1. The molecule has 0 unspecified atom stereocenters. The molecule has 1 heterocycles. The van der Waals surface area contributed by atoms with Crippen LogP contribution in [0.15, 0.2) is 36.5 Å². The van der Waals surface area contributed by atoms with Crippen LogP contribution < -0.4 is 15.8 Å². The number of aryl methyl sites for hydroxylation is 1. The number of hydrogen-bond donors (Lipinski definition) is 2. The van der Waals surface area contributed by atoms with Crippen molar-refractivity contribution in [1.82, 2.24) is 15.1 Å². The summed E-state index contributed by atoms with van der Waals surface area (Å²) in [7, 11) is 0. The number of rotatable bonds is 7. The van der Waals surface area contributed by atoms with Crippen molar-refractivity contribution in [1.29, 1.82) is 0 Å². The molecule has 0 fully saturated rings. The van der Waals surface area contributed by atoms with Crippen molar-refractivity contribution in [3.8, 4) is 5.75 Å². The zero-order valence-corrected chi connectivity index (χ0v) is 12.1. The Morgan fingerprint density at radius 1 is 1.38 bits per heavy atom. The highest BCUT2D eigenvalue weighted by molar-refractivity contribution is 5.97. The van der Waals surface area contributed by atoms with Crippen LogP contribution >= 0.6 is 0 Å². The van der Waals surface area contributed by atoms with Crippen molar-refractivity contribution in [2.75, 3.05) is 18.9 Å². The van der Waals surface area contributed by atoms with E-state index in [4.69, 9.17) is 10.5 Å². The molecule has 0 atom stereocenters. The van der Waals surface area contributed by atoms with Crippen LogP contribution in [-0.2, 0) is 6.54 Å². The number of ether oxygens (including phenoxy) is 1. The fourth-order valence-corrected chi connectivity index (χ4v) is 1.95. The normalized spacial score (nSPS) is 10.3. The molecule has 112 valence electrons. The summed E-state index contributed by atoms with van der Waals surface area (Å²) in [5.74, 6) is 0.628. The number of amides is 1. The van der Waals surface area contributed by atoms with Gasteiger partial charge in [-0.15, -0.1) is 0 Å². The van der Waals surface area contributed by atoms with Crippen LogP contribution in [0.1, 0.15) is 23.8 Å². The maximum atomic E-state index is 12.0. The zero-order valence-electron chi connectivity index (χ0n) is 12.1. The van der Waals surface area contributed by atoms with Gasteiger partial charge in [0.15, 0.2) is 0 Å². The second-order valence-electron chi connectivity index (χ2n) is 4.54. The van der Waals surface area contributed by atoms with Gasteiger partial charge in [-0.25, -0.2) is 0 Å². The van der Waals surface area contributed by atoms with Gasteiger partial charge in [0.25, 0.3) is 5.91 Å². The molecular weight excluding hydrogens is 268 g/mol. The zero-order chi connectivity index (χ0) is 15.1. The molecular formula is C15H20N4O2. The van der Waals surface area contributed by atoms with Gasteiger partial charge >= 0.3 is 0 Å². The Labute approximate surface area is 123 Å². The minimum Gasteiger partial charge on any atom is -0.494 e. The summed E-state index contributed by atoms with van der Waals surface area (Å²) in [5.41, 5.74) is 6.57. The van der Waals surface area contributed by atoms with Crippen molar-refractivity contribution in [2.45, 2.75) is 19.9 Å². The number of anilines is 1. The third-order valence-electron chi connectivity index (χ3n) is 3.00. The summed E-state index contributed by atoms with van der Waals surface area (Å²) in [5, 5.41) is 6.87. The lowest BCUT2D eigenvalue weighted by Crippen LogP contribution is -2.28. The Morgan fingerprint density at radius 2 is 2.14 bits per heavy atom. The summed E-state index contributed by atoms with van der Waals surface area (Å²) >= 11 is 0. The molecule has 21 heavy (non-hydrogen) atoms. The second kappa shape index (κ2) is 7.33. The number of carbonyl (C=O) groups excluding carboxylic acids is 1. The average molecular weight is 288 g/mol. The minimum absolute atomic E-state index is 0.202. The van der Waals surface area contributed by atoms with E-state index in [1.165, 1.54) is 6.20 Å². The van der Waals surface area contributed by atoms with E-state index >= 15 is 0 Å². The summed E-state index contributed by atoms with van der Waals surface area (Å²) in [6.45, 7) is 3.60.